The summed E-state index contributed by atoms with van der Waals surface area (Å²) in [7, 11) is 0. The first kappa shape index (κ1) is 25.1. The van der Waals surface area contributed by atoms with E-state index in [1.807, 2.05) is 30.3 Å². The van der Waals surface area contributed by atoms with E-state index in [0.717, 1.165) is 80.6 Å². The van der Waals surface area contributed by atoms with E-state index < -0.39 is 0 Å². The van der Waals surface area contributed by atoms with Crippen LogP contribution in [0.2, 0.25) is 0 Å². The quantitative estimate of drug-likeness (QED) is 0.446. The SMILES string of the molecule is CCCCOc1cccc(-c2cc3c(cc2F)[C@H](NC(=O)O[C@@H]2CN4CCC2CC4)C(C)(C)CC3)c1. The van der Waals surface area contributed by atoms with Crippen LogP contribution < -0.4 is 10.1 Å². The average Bonchev–Trinajstić information content (AvgIpc) is 2.87. The second-order valence-corrected chi connectivity index (χ2v) is 11.4. The van der Waals surface area contributed by atoms with Crippen LogP contribution >= 0.6 is 0 Å². The fourth-order valence-electron chi connectivity index (χ4n) is 6.06. The number of rotatable bonds is 7. The van der Waals surface area contributed by atoms with Crippen LogP contribution in [0, 0.1) is 17.2 Å². The number of benzene rings is 2. The van der Waals surface area contributed by atoms with Gasteiger partial charge in [0.1, 0.15) is 17.7 Å². The number of hydrogen-bond donors (Lipinski definition) is 1. The Morgan fingerprint density at radius 1 is 1.19 bits per heavy atom. The van der Waals surface area contributed by atoms with E-state index in [9.17, 15) is 4.79 Å². The van der Waals surface area contributed by atoms with Crippen LogP contribution in [0.25, 0.3) is 11.1 Å². The van der Waals surface area contributed by atoms with Crippen LogP contribution in [0.1, 0.15) is 70.0 Å². The van der Waals surface area contributed by atoms with Crippen molar-refractivity contribution < 1.29 is 18.7 Å². The van der Waals surface area contributed by atoms with E-state index in [0.29, 0.717) is 18.1 Å². The average molecular weight is 495 g/mol. The Labute approximate surface area is 214 Å². The molecule has 1 amide bonds. The van der Waals surface area contributed by atoms with Crippen molar-refractivity contribution in [3.8, 4) is 16.9 Å². The molecule has 6 heteroatoms. The van der Waals surface area contributed by atoms with Gasteiger partial charge in [-0.05, 0) is 97.5 Å². The van der Waals surface area contributed by atoms with Gasteiger partial charge < -0.3 is 14.8 Å². The van der Waals surface area contributed by atoms with Crippen molar-refractivity contribution in [1.82, 2.24) is 10.2 Å². The summed E-state index contributed by atoms with van der Waals surface area (Å²) in [5.41, 5.74) is 3.11. The monoisotopic (exact) mass is 494 g/mol. The summed E-state index contributed by atoms with van der Waals surface area (Å²) < 4.78 is 27.3. The van der Waals surface area contributed by atoms with Crippen molar-refractivity contribution in [3.63, 3.8) is 0 Å². The highest BCUT2D eigenvalue weighted by Crippen LogP contribution is 2.45. The Morgan fingerprint density at radius 2 is 2.00 bits per heavy atom. The molecular weight excluding hydrogens is 455 g/mol. The van der Waals surface area contributed by atoms with E-state index in [1.165, 1.54) is 0 Å². The summed E-state index contributed by atoms with van der Waals surface area (Å²) in [4.78, 5) is 15.4. The first-order valence-electron chi connectivity index (χ1n) is 13.6. The van der Waals surface area contributed by atoms with E-state index in [2.05, 4.69) is 31.0 Å². The Bertz CT molecular complexity index is 1090. The van der Waals surface area contributed by atoms with Crippen molar-refractivity contribution in [2.45, 2.75) is 71.4 Å². The van der Waals surface area contributed by atoms with E-state index >= 15 is 4.39 Å². The Balaban J connectivity index is 1.35. The van der Waals surface area contributed by atoms with E-state index in [4.69, 9.17) is 9.47 Å². The minimum absolute atomic E-state index is 0.0513. The molecule has 3 heterocycles. The number of carbonyl (C=O) groups excluding carboxylic acids is 1. The molecular formula is C30H39FN2O3. The van der Waals surface area contributed by atoms with Crippen molar-refractivity contribution in [2.24, 2.45) is 11.3 Å². The molecule has 1 N–H and O–H groups in total. The van der Waals surface area contributed by atoms with Crippen molar-refractivity contribution in [2.75, 3.05) is 26.2 Å². The van der Waals surface area contributed by atoms with Crippen molar-refractivity contribution in [1.29, 1.82) is 0 Å². The van der Waals surface area contributed by atoms with Crippen LogP contribution in [0.4, 0.5) is 9.18 Å². The summed E-state index contributed by atoms with van der Waals surface area (Å²) >= 11 is 0. The number of hydrogen-bond acceptors (Lipinski definition) is 4. The predicted octanol–water partition coefficient (Wildman–Crippen LogP) is 6.51. The van der Waals surface area contributed by atoms with Gasteiger partial charge >= 0.3 is 6.09 Å². The predicted molar refractivity (Wildman–Crippen MR) is 140 cm³/mol. The fourth-order valence-corrected chi connectivity index (χ4v) is 6.06. The van der Waals surface area contributed by atoms with Gasteiger partial charge in [-0.1, -0.05) is 39.3 Å². The topological polar surface area (TPSA) is 50.8 Å². The highest BCUT2D eigenvalue weighted by Gasteiger charge is 2.40. The maximum absolute atomic E-state index is 15.5. The first-order valence-corrected chi connectivity index (χ1v) is 13.6. The van der Waals surface area contributed by atoms with Crippen LogP contribution in [-0.4, -0.2) is 43.3 Å². The Kier molecular flexibility index (Phi) is 7.25. The molecule has 4 aliphatic rings. The Morgan fingerprint density at radius 3 is 2.72 bits per heavy atom. The molecule has 0 aromatic heterocycles. The molecule has 5 nitrogen and oxygen atoms in total. The van der Waals surface area contributed by atoms with Crippen molar-refractivity contribution in [3.05, 3.63) is 53.3 Å². The fraction of sp³-hybridized carbons (Fsp3) is 0.567. The molecule has 36 heavy (non-hydrogen) atoms. The molecule has 3 saturated heterocycles. The maximum atomic E-state index is 15.5. The zero-order chi connectivity index (χ0) is 25.3. The number of ether oxygens (including phenoxy) is 2. The van der Waals surface area contributed by atoms with Gasteiger partial charge in [-0.15, -0.1) is 0 Å². The lowest BCUT2D eigenvalue weighted by Crippen LogP contribution is -2.53. The first-order chi connectivity index (χ1) is 17.3. The zero-order valence-electron chi connectivity index (χ0n) is 21.8. The van der Waals surface area contributed by atoms with Gasteiger partial charge in [-0.25, -0.2) is 9.18 Å². The number of nitrogens with one attached hydrogen (secondary N) is 1. The molecule has 2 aromatic rings. The number of unbranched alkanes of at least 4 members (excludes halogenated alkanes) is 1. The minimum atomic E-state index is -0.388. The molecule has 2 atom stereocenters. The number of carbonyl (C=O) groups is 1. The van der Waals surface area contributed by atoms with Crippen LogP contribution in [-0.2, 0) is 11.2 Å². The third-order valence-corrected chi connectivity index (χ3v) is 8.39. The number of aryl methyl sites for hydroxylation is 1. The molecule has 194 valence electrons. The van der Waals surface area contributed by atoms with E-state index in [1.54, 1.807) is 6.07 Å². The largest absolute Gasteiger partial charge is 0.494 e. The van der Waals surface area contributed by atoms with Gasteiger partial charge in [0.2, 0.25) is 0 Å². The highest BCUT2D eigenvalue weighted by atomic mass is 19.1. The summed E-state index contributed by atoms with van der Waals surface area (Å²) in [5, 5.41) is 3.13. The lowest BCUT2D eigenvalue weighted by Gasteiger charge is -2.44. The van der Waals surface area contributed by atoms with Gasteiger partial charge in [0.05, 0.1) is 12.6 Å². The zero-order valence-corrected chi connectivity index (χ0v) is 21.8. The number of amides is 1. The molecule has 2 aromatic carbocycles. The molecule has 0 saturated carbocycles. The summed E-state index contributed by atoms with van der Waals surface area (Å²) in [6.45, 7) is 10.1. The lowest BCUT2D eigenvalue weighted by atomic mass is 9.70. The molecule has 0 unspecified atom stereocenters. The molecule has 3 fully saturated rings. The summed E-state index contributed by atoms with van der Waals surface area (Å²) in [6, 6.07) is 10.9. The van der Waals surface area contributed by atoms with Crippen LogP contribution in [0.3, 0.4) is 0 Å². The number of fused-ring (bicyclic) bond motifs is 4. The molecule has 1 aliphatic carbocycles. The number of nitrogens with zero attached hydrogens (tertiary/aromatic N) is 1. The Hall–Kier alpha value is -2.60. The van der Waals surface area contributed by atoms with Crippen molar-refractivity contribution >= 4 is 6.09 Å². The smallest absolute Gasteiger partial charge is 0.407 e. The van der Waals surface area contributed by atoms with Crippen LogP contribution in [0.15, 0.2) is 36.4 Å². The van der Waals surface area contributed by atoms with Gasteiger partial charge in [0.25, 0.3) is 0 Å². The number of halogens is 1. The minimum Gasteiger partial charge on any atom is -0.494 e. The maximum Gasteiger partial charge on any atom is 0.407 e. The second-order valence-electron chi connectivity index (χ2n) is 11.4. The lowest BCUT2D eigenvalue weighted by molar-refractivity contribution is -0.0353. The summed E-state index contributed by atoms with van der Waals surface area (Å²) in [6.07, 6.45) is 5.54. The standard InChI is InChI=1S/C30H39FN2O3/c1-4-5-15-35-23-8-6-7-21(16-23)24-17-22-9-12-30(2,3)28(25(22)18-26(24)31)32-29(34)36-27-19-33-13-10-20(27)11-14-33/h6-8,16-18,20,27-28H,4-5,9-15,19H2,1-3H3,(H,32,34)/t27-,28+/m1/s1. The molecule has 0 spiro atoms. The summed E-state index contributed by atoms with van der Waals surface area (Å²) in [5.74, 6) is 0.929. The van der Waals surface area contributed by atoms with Gasteiger partial charge in [-0.2, -0.15) is 0 Å². The molecule has 2 bridgehead atoms. The second kappa shape index (κ2) is 10.4. The van der Waals surface area contributed by atoms with E-state index in [-0.39, 0.29) is 29.5 Å². The highest BCUT2D eigenvalue weighted by molar-refractivity contribution is 5.70. The van der Waals surface area contributed by atoms with Gasteiger partial charge in [0, 0.05) is 12.1 Å². The third kappa shape index (κ3) is 5.24. The molecule has 0 radical (unpaired) electrons. The van der Waals surface area contributed by atoms with Gasteiger partial charge in [-0.3, -0.25) is 4.90 Å². The molecule has 6 rings (SSSR count). The number of piperidine rings is 3. The van der Waals surface area contributed by atoms with Crippen LogP contribution in [0.5, 0.6) is 5.75 Å². The number of alkyl carbamates (subject to hydrolysis) is 1. The third-order valence-electron chi connectivity index (χ3n) is 8.39. The molecule has 3 aliphatic heterocycles. The normalized spacial score (nSPS) is 26.2. The van der Waals surface area contributed by atoms with Gasteiger partial charge in [0.15, 0.2) is 0 Å².